The van der Waals surface area contributed by atoms with Gasteiger partial charge in [0.25, 0.3) is 0 Å². The SMILES string of the molecule is C[C@@H]1CCCN(Cc2ccc(N(C)C(=O)N3CCC(Nc4cccc(F)c4)CC3)cc2)C1. The topological polar surface area (TPSA) is 38.8 Å². The van der Waals surface area contributed by atoms with Crippen molar-refractivity contribution in [2.45, 2.75) is 45.2 Å². The van der Waals surface area contributed by atoms with Crippen LogP contribution in [0.1, 0.15) is 38.2 Å². The van der Waals surface area contributed by atoms with Gasteiger partial charge in [0.15, 0.2) is 0 Å². The van der Waals surface area contributed by atoms with E-state index < -0.39 is 0 Å². The molecular weight excluding hydrogens is 403 g/mol. The Morgan fingerprint density at radius 2 is 1.84 bits per heavy atom. The van der Waals surface area contributed by atoms with Crippen molar-refractivity contribution >= 4 is 17.4 Å². The molecule has 2 saturated heterocycles. The van der Waals surface area contributed by atoms with E-state index in [1.807, 2.05) is 18.0 Å². The van der Waals surface area contributed by atoms with Gasteiger partial charge in [-0.3, -0.25) is 9.80 Å². The third kappa shape index (κ3) is 5.80. The zero-order valence-corrected chi connectivity index (χ0v) is 19.3. The van der Waals surface area contributed by atoms with Crippen LogP contribution in [0.25, 0.3) is 0 Å². The van der Waals surface area contributed by atoms with Crippen LogP contribution in [0, 0.1) is 11.7 Å². The second-order valence-corrected chi connectivity index (χ2v) is 9.41. The molecule has 0 radical (unpaired) electrons. The zero-order chi connectivity index (χ0) is 22.5. The van der Waals surface area contributed by atoms with E-state index in [2.05, 4.69) is 41.4 Å². The van der Waals surface area contributed by atoms with Gasteiger partial charge in [0.2, 0.25) is 0 Å². The number of carbonyl (C=O) groups is 1. The lowest BCUT2D eigenvalue weighted by Crippen LogP contribution is -2.47. The summed E-state index contributed by atoms with van der Waals surface area (Å²) in [6.07, 6.45) is 4.32. The number of nitrogens with zero attached hydrogens (tertiary/aromatic N) is 3. The maximum absolute atomic E-state index is 13.4. The Morgan fingerprint density at radius 1 is 1.09 bits per heavy atom. The molecule has 0 aliphatic carbocycles. The molecule has 2 fully saturated rings. The number of urea groups is 1. The smallest absolute Gasteiger partial charge is 0.324 e. The molecule has 32 heavy (non-hydrogen) atoms. The first-order valence-corrected chi connectivity index (χ1v) is 11.8. The van der Waals surface area contributed by atoms with Crippen LogP contribution in [0.2, 0.25) is 0 Å². The lowest BCUT2D eigenvalue weighted by Gasteiger charge is -2.35. The van der Waals surface area contributed by atoms with Crippen molar-refractivity contribution < 1.29 is 9.18 Å². The van der Waals surface area contributed by atoms with E-state index in [9.17, 15) is 9.18 Å². The van der Waals surface area contributed by atoms with Crippen LogP contribution in [-0.2, 0) is 6.54 Å². The molecule has 172 valence electrons. The van der Waals surface area contributed by atoms with Gasteiger partial charge in [-0.05, 0) is 74.0 Å². The van der Waals surface area contributed by atoms with Crippen molar-refractivity contribution in [3.8, 4) is 0 Å². The number of amides is 2. The van der Waals surface area contributed by atoms with E-state index in [0.717, 1.165) is 36.7 Å². The Morgan fingerprint density at radius 3 is 2.53 bits per heavy atom. The fraction of sp³-hybridized carbons (Fsp3) is 0.500. The number of nitrogens with one attached hydrogen (secondary N) is 1. The largest absolute Gasteiger partial charge is 0.382 e. The molecule has 0 aromatic heterocycles. The predicted octanol–water partition coefficient (Wildman–Crippen LogP) is 5.19. The second kappa shape index (κ2) is 10.3. The lowest BCUT2D eigenvalue weighted by molar-refractivity contribution is 0.176. The third-order valence-corrected chi connectivity index (χ3v) is 6.72. The molecule has 4 rings (SSSR count). The number of carbonyl (C=O) groups excluding carboxylic acids is 1. The highest BCUT2D eigenvalue weighted by Crippen LogP contribution is 2.22. The van der Waals surface area contributed by atoms with Crippen LogP contribution >= 0.6 is 0 Å². The van der Waals surface area contributed by atoms with Crippen LogP contribution in [0.4, 0.5) is 20.6 Å². The summed E-state index contributed by atoms with van der Waals surface area (Å²) in [5.74, 6) is 0.542. The number of rotatable bonds is 5. The van der Waals surface area contributed by atoms with Crippen molar-refractivity contribution in [1.29, 1.82) is 0 Å². The van der Waals surface area contributed by atoms with Crippen molar-refractivity contribution in [3.05, 3.63) is 59.9 Å². The first-order chi connectivity index (χ1) is 15.5. The van der Waals surface area contributed by atoms with Gasteiger partial charge < -0.3 is 10.2 Å². The third-order valence-electron chi connectivity index (χ3n) is 6.72. The first-order valence-electron chi connectivity index (χ1n) is 11.8. The number of benzene rings is 2. The van der Waals surface area contributed by atoms with Gasteiger partial charge >= 0.3 is 6.03 Å². The predicted molar refractivity (Wildman–Crippen MR) is 129 cm³/mol. The number of anilines is 2. The van der Waals surface area contributed by atoms with Crippen LogP contribution in [0.3, 0.4) is 0 Å². The van der Waals surface area contributed by atoms with Gasteiger partial charge in [0, 0.05) is 50.6 Å². The summed E-state index contributed by atoms with van der Waals surface area (Å²) in [7, 11) is 1.85. The molecule has 2 aromatic rings. The summed E-state index contributed by atoms with van der Waals surface area (Å²) in [6.45, 7) is 7.05. The molecule has 2 aliphatic rings. The van der Waals surface area contributed by atoms with E-state index >= 15 is 0 Å². The Hall–Kier alpha value is -2.60. The zero-order valence-electron chi connectivity index (χ0n) is 19.3. The second-order valence-electron chi connectivity index (χ2n) is 9.41. The molecule has 0 bridgehead atoms. The lowest BCUT2D eigenvalue weighted by atomic mass is 10.00. The van der Waals surface area contributed by atoms with Crippen molar-refractivity contribution in [1.82, 2.24) is 9.80 Å². The van der Waals surface area contributed by atoms with E-state index in [4.69, 9.17) is 0 Å². The summed E-state index contributed by atoms with van der Waals surface area (Å²) < 4.78 is 13.4. The molecule has 2 heterocycles. The molecule has 0 unspecified atom stereocenters. The summed E-state index contributed by atoms with van der Waals surface area (Å²) in [6, 6.07) is 15.2. The van der Waals surface area contributed by atoms with Gasteiger partial charge in [-0.15, -0.1) is 0 Å². The number of hydrogen-bond donors (Lipinski definition) is 1. The minimum atomic E-state index is -0.235. The molecule has 2 amide bonds. The average Bonchev–Trinajstić information content (AvgIpc) is 2.79. The maximum Gasteiger partial charge on any atom is 0.324 e. The van der Waals surface area contributed by atoms with Gasteiger partial charge in [-0.2, -0.15) is 0 Å². The molecule has 1 atom stereocenters. The summed E-state index contributed by atoms with van der Waals surface area (Å²) in [5.41, 5.74) is 3.02. The number of halogens is 1. The van der Waals surface area contributed by atoms with E-state index in [0.29, 0.717) is 13.1 Å². The van der Waals surface area contributed by atoms with Crippen LogP contribution in [0.5, 0.6) is 0 Å². The van der Waals surface area contributed by atoms with Crippen LogP contribution in [-0.4, -0.2) is 55.1 Å². The molecule has 2 aliphatic heterocycles. The fourth-order valence-electron chi connectivity index (χ4n) is 4.87. The molecular formula is C26H35FN4O. The average molecular weight is 439 g/mol. The normalized spacial score (nSPS) is 20.2. The Balaban J connectivity index is 1.27. The molecule has 0 spiro atoms. The minimum absolute atomic E-state index is 0.0341. The highest BCUT2D eigenvalue weighted by atomic mass is 19.1. The fourth-order valence-corrected chi connectivity index (χ4v) is 4.87. The summed E-state index contributed by atoms with van der Waals surface area (Å²) in [4.78, 5) is 19.2. The molecule has 5 nitrogen and oxygen atoms in total. The van der Waals surface area contributed by atoms with Gasteiger partial charge in [-0.25, -0.2) is 9.18 Å². The molecule has 0 saturated carbocycles. The maximum atomic E-state index is 13.4. The highest BCUT2D eigenvalue weighted by molar-refractivity contribution is 5.91. The Labute approximate surface area is 191 Å². The quantitative estimate of drug-likeness (QED) is 0.698. The van der Waals surface area contributed by atoms with E-state index in [1.54, 1.807) is 11.0 Å². The minimum Gasteiger partial charge on any atom is -0.382 e. The standard InChI is InChI=1S/C26H35FN4O/c1-20-5-4-14-30(18-20)19-21-8-10-25(11-9-21)29(2)26(32)31-15-12-23(13-16-31)28-24-7-3-6-22(27)17-24/h3,6-11,17,20,23,28H,4-5,12-16,18-19H2,1-2H3/t20-/m1/s1. The monoisotopic (exact) mass is 438 g/mol. The first kappa shape index (κ1) is 22.6. The van der Waals surface area contributed by atoms with Crippen molar-refractivity contribution in [2.24, 2.45) is 5.92 Å². The molecule has 6 heteroatoms. The van der Waals surface area contributed by atoms with Gasteiger partial charge in [0.1, 0.15) is 5.82 Å². The van der Waals surface area contributed by atoms with Gasteiger partial charge in [0.05, 0.1) is 0 Å². The Bertz CT molecular complexity index is 895. The van der Waals surface area contributed by atoms with Crippen molar-refractivity contribution in [2.75, 3.05) is 43.4 Å². The molecule has 2 aromatic carbocycles. The van der Waals surface area contributed by atoms with E-state index in [1.165, 1.54) is 43.6 Å². The highest BCUT2D eigenvalue weighted by Gasteiger charge is 2.25. The summed E-state index contributed by atoms with van der Waals surface area (Å²) in [5, 5.41) is 3.39. The Kier molecular flexibility index (Phi) is 7.30. The number of likely N-dealkylation sites (tertiary alicyclic amines) is 2. The van der Waals surface area contributed by atoms with Crippen molar-refractivity contribution in [3.63, 3.8) is 0 Å². The number of hydrogen-bond acceptors (Lipinski definition) is 3. The number of piperidine rings is 2. The van der Waals surface area contributed by atoms with E-state index in [-0.39, 0.29) is 17.9 Å². The van der Waals surface area contributed by atoms with Gasteiger partial charge in [-0.1, -0.05) is 25.1 Å². The molecule has 1 N–H and O–H groups in total. The van der Waals surface area contributed by atoms with Crippen LogP contribution in [0.15, 0.2) is 48.5 Å². The van der Waals surface area contributed by atoms with Crippen LogP contribution < -0.4 is 10.2 Å². The summed E-state index contributed by atoms with van der Waals surface area (Å²) >= 11 is 0.